The minimum atomic E-state index is -0.855. The second-order valence-corrected chi connectivity index (χ2v) is 8.74. The highest BCUT2D eigenvalue weighted by Gasteiger charge is 2.28. The quantitative estimate of drug-likeness (QED) is 0.211. The molecule has 190 valence electrons. The van der Waals surface area contributed by atoms with Crippen LogP contribution in [0.5, 0.6) is 0 Å². The molecular weight excluding hydrogens is 436 g/mol. The van der Waals surface area contributed by atoms with Crippen molar-refractivity contribution < 1.29 is 19.2 Å². The molecule has 0 aliphatic carbocycles. The fourth-order valence-corrected chi connectivity index (χ4v) is 3.30. The van der Waals surface area contributed by atoms with Crippen molar-refractivity contribution in [3.63, 3.8) is 0 Å². The van der Waals surface area contributed by atoms with E-state index in [9.17, 15) is 19.2 Å². The molecule has 10 nitrogen and oxygen atoms in total. The van der Waals surface area contributed by atoms with Crippen LogP contribution in [0.2, 0.25) is 0 Å². The summed E-state index contributed by atoms with van der Waals surface area (Å²) in [6.45, 7) is 6.46. The van der Waals surface area contributed by atoms with Crippen LogP contribution in [-0.4, -0.2) is 48.9 Å². The summed E-state index contributed by atoms with van der Waals surface area (Å²) >= 11 is 0. The Balaban J connectivity index is 2.82. The highest BCUT2D eigenvalue weighted by molar-refractivity contribution is 5.98. The van der Waals surface area contributed by atoms with Crippen LogP contribution >= 0.6 is 0 Å². The molecule has 34 heavy (non-hydrogen) atoms. The van der Waals surface area contributed by atoms with E-state index in [0.29, 0.717) is 31.5 Å². The molecule has 0 aromatic heterocycles. The maximum Gasteiger partial charge on any atom is 0.312 e. The lowest BCUT2D eigenvalue weighted by atomic mass is 10.0. The van der Waals surface area contributed by atoms with Crippen LogP contribution in [0.3, 0.4) is 0 Å². The first-order chi connectivity index (χ1) is 16.1. The summed E-state index contributed by atoms with van der Waals surface area (Å²) in [5, 5.41) is 10.8. The Kier molecular flexibility index (Phi) is 13.3. The maximum atomic E-state index is 13.0. The van der Waals surface area contributed by atoms with Gasteiger partial charge in [0.05, 0.1) is 0 Å². The number of aryl methyl sites for hydroxylation is 1. The predicted octanol–water partition coefficient (Wildman–Crippen LogP) is 1.53. The number of rotatable bonds is 15. The van der Waals surface area contributed by atoms with E-state index < -0.39 is 24.0 Å². The van der Waals surface area contributed by atoms with Crippen LogP contribution < -0.4 is 32.7 Å². The number of nitrogens with two attached hydrogens (primary N) is 2. The third kappa shape index (κ3) is 11.6. The second-order valence-electron chi connectivity index (χ2n) is 8.74. The Hall–Kier alpha value is -3.14. The van der Waals surface area contributed by atoms with E-state index >= 15 is 0 Å². The van der Waals surface area contributed by atoms with Crippen molar-refractivity contribution in [2.75, 3.05) is 18.4 Å². The normalized spacial score (nSPS) is 12.5. The lowest BCUT2D eigenvalue weighted by Crippen LogP contribution is -2.54. The molecule has 0 fully saturated rings. The van der Waals surface area contributed by atoms with Gasteiger partial charge in [0.15, 0.2) is 0 Å². The number of primary amides is 1. The number of urea groups is 1. The van der Waals surface area contributed by atoms with Gasteiger partial charge >= 0.3 is 6.03 Å². The van der Waals surface area contributed by atoms with Crippen LogP contribution in [0.4, 0.5) is 10.5 Å². The van der Waals surface area contributed by atoms with Gasteiger partial charge in [-0.25, -0.2) is 4.79 Å². The van der Waals surface area contributed by atoms with Crippen molar-refractivity contribution in [2.24, 2.45) is 17.4 Å². The van der Waals surface area contributed by atoms with Gasteiger partial charge in [-0.2, -0.15) is 0 Å². The predicted molar refractivity (Wildman–Crippen MR) is 133 cm³/mol. The van der Waals surface area contributed by atoms with Gasteiger partial charge in [0.2, 0.25) is 17.7 Å². The Morgan fingerprint density at radius 1 is 0.912 bits per heavy atom. The minimum absolute atomic E-state index is 0.176. The number of amides is 5. The lowest BCUT2D eigenvalue weighted by molar-refractivity contribution is -0.132. The summed E-state index contributed by atoms with van der Waals surface area (Å²) in [5.41, 5.74) is 12.2. The number of carbonyl (C=O) groups excluding carboxylic acids is 4. The number of nitrogens with one attached hydrogen (secondary N) is 4. The van der Waals surface area contributed by atoms with Gasteiger partial charge in [0, 0.05) is 18.7 Å². The molecule has 8 N–H and O–H groups in total. The molecule has 0 aliphatic rings. The summed E-state index contributed by atoms with van der Waals surface area (Å²) < 4.78 is 0. The standard InChI is InChI=1S/C24H40N6O4/c1-16(2)21(30-20(31)9-5-4-6-14-25)23(33)29-19(8-7-15-27-24(26)34)22(32)28-18-12-10-17(3)11-13-18/h10-13,16,19,21H,4-9,14-15,25H2,1-3H3,(H,28,32)(H,29,33)(H,30,31)(H3,26,27,34)/t19-,21-/m0/s1. The van der Waals surface area contributed by atoms with Crippen LogP contribution in [0.1, 0.15) is 57.9 Å². The molecule has 0 saturated carbocycles. The summed E-state index contributed by atoms with van der Waals surface area (Å²) in [4.78, 5) is 49.2. The summed E-state index contributed by atoms with van der Waals surface area (Å²) in [6.07, 6.45) is 3.42. The molecule has 0 aliphatic heterocycles. The molecule has 10 heteroatoms. The molecule has 5 amide bonds. The molecule has 0 radical (unpaired) electrons. The van der Waals surface area contributed by atoms with E-state index in [1.807, 2.05) is 32.9 Å². The SMILES string of the molecule is Cc1ccc(NC(=O)[C@H](CCCNC(N)=O)NC(=O)[C@@H](NC(=O)CCCCCN)C(C)C)cc1. The molecule has 1 rings (SSSR count). The van der Waals surface area contributed by atoms with Crippen LogP contribution in [0.25, 0.3) is 0 Å². The van der Waals surface area contributed by atoms with E-state index in [4.69, 9.17) is 11.5 Å². The number of benzene rings is 1. The zero-order chi connectivity index (χ0) is 25.5. The molecule has 0 saturated heterocycles. The topological polar surface area (TPSA) is 168 Å². The monoisotopic (exact) mass is 476 g/mol. The maximum absolute atomic E-state index is 13.0. The number of anilines is 1. The highest BCUT2D eigenvalue weighted by Crippen LogP contribution is 2.11. The summed E-state index contributed by atoms with van der Waals surface area (Å²) in [6, 6.07) is 5.02. The van der Waals surface area contributed by atoms with Gasteiger partial charge in [-0.1, -0.05) is 38.0 Å². The van der Waals surface area contributed by atoms with Crippen molar-refractivity contribution in [3.05, 3.63) is 29.8 Å². The fourth-order valence-electron chi connectivity index (χ4n) is 3.30. The van der Waals surface area contributed by atoms with E-state index in [0.717, 1.165) is 18.4 Å². The Morgan fingerprint density at radius 3 is 2.18 bits per heavy atom. The highest BCUT2D eigenvalue weighted by atomic mass is 16.2. The second kappa shape index (κ2) is 15.7. The van der Waals surface area contributed by atoms with Gasteiger partial charge in [0.1, 0.15) is 12.1 Å². The molecular formula is C24H40N6O4. The first-order valence-electron chi connectivity index (χ1n) is 11.8. The van der Waals surface area contributed by atoms with E-state index in [1.54, 1.807) is 12.1 Å². The Labute approximate surface area is 202 Å². The Bertz CT molecular complexity index is 797. The van der Waals surface area contributed by atoms with Crippen LogP contribution in [-0.2, 0) is 14.4 Å². The molecule has 1 aromatic carbocycles. The number of unbranched alkanes of at least 4 members (excludes halogenated alkanes) is 2. The average molecular weight is 477 g/mol. The van der Waals surface area contributed by atoms with E-state index in [-0.39, 0.29) is 30.7 Å². The van der Waals surface area contributed by atoms with Gasteiger partial charge < -0.3 is 32.7 Å². The van der Waals surface area contributed by atoms with Crippen molar-refractivity contribution in [2.45, 2.75) is 71.4 Å². The van der Waals surface area contributed by atoms with Crippen LogP contribution in [0.15, 0.2) is 24.3 Å². The average Bonchev–Trinajstić information content (AvgIpc) is 2.78. The lowest BCUT2D eigenvalue weighted by Gasteiger charge is -2.25. The molecule has 0 unspecified atom stereocenters. The van der Waals surface area contributed by atoms with E-state index in [1.165, 1.54) is 0 Å². The number of carbonyl (C=O) groups is 4. The third-order valence-electron chi connectivity index (χ3n) is 5.29. The van der Waals surface area contributed by atoms with Gasteiger partial charge in [-0.15, -0.1) is 0 Å². The molecule has 0 spiro atoms. The first-order valence-corrected chi connectivity index (χ1v) is 11.8. The molecule has 2 atom stereocenters. The van der Waals surface area contributed by atoms with Crippen LogP contribution in [0, 0.1) is 12.8 Å². The van der Waals surface area contributed by atoms with Crippen molar-refractivity contribution in [1.82, 2.24) is 16.0 Å². The van der Waals surface area contributed by atoms with Gasteiger partial charge in [-0.05, 0) is 57.2 Å². The number of hydrogen-bond donors (Lipinski definition) is 6. The zero-order valence-electron chi connectivity index (χ0n) is 20.5. The third-order valence-corrected chi connectivity index (χ3v) is 5.29. The van der Waals surface area contributed by atoms with Crippen molar-refractivity contribution in [3.8, 4) is 0 Å². The van der Waals surface area contributed by atoms with Crippen molar-refractivity contribution >= 4 is 29.4 Å². The van der Waals surface area contributed by atoms with Gasteiger partial charge in [-0.3, -0.25) is 14.4 Å². The minimum Gasteiger partial charge on any atom is -0.352 e. The largest absolute Gasteiger partial charge is 0.352 e. The number of hydrogen-bond acceptors (Lipinski definition) is 5. The summed E-state index contributed by atoms with van der Waals surface area (Å²) in [7, 11) is 0. The van der Waals surface area contributed by atoms with Crippen molar-refractivity contribution in [1.29, 1.82) is 0 Å². The first kappa shape index (κ1) is 28.9. The summed E-state index contributed by atoms with van der Waals surface area (Å²) in [5.74, 6) is -1.20. The fraction of sp³-hybridized carbons (Fsp3) is 0.583. The zero-order valence-corrected chi connectivity index (χ0v) is 20.5. The van der Waals surface area contributed by atoms with Gasteiger partial charge in [0.25, 0.3) is 0 Å². The smallest absolute Gasteiger partial charge is 0.312 e. The molecule has 0 heterocycles. The molecule has 0 bridgehead atoms. The molecule has 1 aromatic rings. The Morgan fingerprint density at radius 2 is 1.59 bits per heavy atom. The van der Waals surface area contributed by atoms with E-state index in [2.05, 4.69) is 21.3 Å².